The van der Waals surface area contributed by atoms with Gasteiger partial charge in [-0.25, -0.2) is 0 Å². The van der Waals surface area contributed by atoms with Crippen LogP contribution in [0.1, 0.15) is 6.92 Å². The molecule has 0 fully saturated rings. The quantitative estimate of drug-likeness (QED) is 0.386. The van der Waals surface area contributed by atoms with Crippen molar-refractivity contribution < 1.29 is 9.59 Å². The number of hydrogen-bond donors (Lipinski definition) is 5. The van der Waals surface area contributed by atoms with E-state index >= 15 is 0 Å². The third-order valence-corrected chi connectivity index (χ3v) is 2.74. The van der Waals surface area contributed by atoms with E-state index in [-0.39, 0.29) is 23.6 Å². The van der Waals surface area contributed by atoms with Crippen LogP contribution in [0.3, 0.4) is 0 Å². The number of rotatable bonds is 7. The van der Waals surface area contributed by atoms with Crippen LogP contribution in [0.4, 0.5) is 0 Å². The Morgan fingerprint density at radius 3 is 2.06 bits per heavy atom. The standard InChI is InChI=1S/C9H19N3O2S2/c1-3-11-6(4-15)9(14)12-7(5-16)8(13)10-2/h6-7,11,15-16H,3-5H2,1-2H3,(H,10,13)(H,12,14)/t6-,7+/m0/s1. The maximum Gasteiger partial charge on any atom is 0.243 e. The Balaban J connectivity index is 4.32. The smallest absolute Gasteiger partial charge is 0.243 e. The maximum atomic E-state index is 11.7. The molecule has 0 aromatic carbocycles. The molecule has 3 N–H and O–H groups in total. The highest BCUT2D eigenvalue weighted by Crippen LogP contribution is 1.93. The summed E-state index contributed by atoms with van der Waals surface area (Å²) in [7, 11) is 1.52. The summed E-state index contributed by atoms with van der Waals surface area (Å²) in [6.07, 6.45) is 0. The van der Waals surface area contributed by atoms with Crippen LogP contribution in [-0.2, 0) is 9.59 Å². The van der Waals surface area contributed by atoms with Crippen molar-refractivity contribution in [3.63, 3.8) is 0 Å². The molecule has 0 aliphatic heterocycles. The van der Waals surface area contributed by atoms with Gasteiger partial charge in [-0.15, -0.1) is 0 Å². The van der Waals surface area contributed by atoms with Crippen LogP contribution in [0.5, 0.6) is 0 Å². The molecular formula is C9H19N3O2S2. The minimum Gasteiger partial charge on any atom is -0.357 e. The van der Waals surface area contributed by atoms with Crippen molar-refractivity contribution in [3.05, 3.63) is 0 Å². The molecular weight excluding hydrogens is 246 g/mol. The summed E-state index contributed by atoms with van der Waals surface area (Å²) in [5, 5.41) is 8.06. The summed E-state index contributed by atoms with van der Waals surface area (Å²) in [4.78, 5) is 23.1. The SMILES string of the molecule is CCN[C@@H](CS)C(=O)N[C@H](CS)C(=O)NC. The van der Waals surface area contributed by atoms with Crippen LogP contribution in [-0.4, -0.2) is 49.0 Å². The van der Waals surface area contributed by atoms with Crippen molar-refractivity contribution in [3.8, 4) is 0 Å². The van der Waals surface area contributed by atoms with Gasteiger partial charge in [0.1, 0.15) is 6.04 Å². The van der Waals surface area contributed by atoms with Crippen molar-refractivity contribution in [1.29, 1.82) is 0 Å². The lowest BCUT2D eigenvalue weighted by atomic mass is 10.2. The molecule has 0 aromatic heterocycles. The van der Waals surface area contributed by atoms with E-state index in [1.165, 1.54) is 7.05 Å². The molecule has 7 heteroatoms. The maximum absolute atomic E-state index is 11.7. The molecule has 94 valence electrons. The number of likely N-dealkylation sites (N-methyl/N-ethyl adjacent to an activating group) is 2. The van der Waals surface area contributed by atoms with Gasteiger partial charge in [-0.2, -0.15) is 25.3 Å². The molecule has 0 saturated carbocycles. The molecule has 0 rings (SSSR count). The highest BCUT2D eigenvalue weighted by atomic mass is 32.1. The fourth-order valence-electron chi connectivity index (χ4n) is 1.13. The Morgan fingerprint density at radius 2 is 1.69 bits per heavy atom. The van der Waals surface area contributed by atoms with Gasteiger partial charge in [-0.1, -0.05) is 6.92 Å². The zero-order valence-electron chi connectivity index (χ0n) is 9.49. The Labute approximate surface area is 107 Å². The van der Waals surface area contributed by atoms with E-state index in [0.717, 1.165) is 0 Å². The van der Waals surface area contributed by atoms with E-state index in [4.69, 9.17) is 0 Å². The van der Waals surface area contributed by atoms with E-state index in [1.54, 1.807) is 0 Å². The van der Waals surface area contributed by atoms with Crippen molar-refractivity contribution in [1.82, 2.24) is 16.0 Å². The van der Waals surface area contributed by atoms with Crippen LogP contribution >= 0.6 is 25.3 Å². The Bertz CT molecular complexity index is 239. The second-order valence-electron chi connectivity index (χ2n) is 3.15. The van der Waals surface area contributed by atoms with Gasteiger partial charge in [0, 0.05) is 18.6 Å². The van der Waals surface area contributed by atoms with Gasteiger partial charge in [0.25, 0.3) is 0 Å². The highest BCUT2D eigenvalue weighted by molar-refractivity contribution is 7.80. The van der Waals surface area contributed by atoms with Gasteiger partial charge in [0.05, 0.1) is 6.04 Å². The minimum absolute atomic E-state index is 0.237. The van der Waals surface area contributed by atoms with Crippen LogP contribution in [0.2, 0.25) is 0 Å². The van der Waals surface area contributed by atoms with Crippen molar-refractivity contribution >= 4 is 37.1 Å². The minimum atomic E-state index is -0.609. The molecule has 0 heterocycles. The largest absolute Gasteiger partial charge is 0.357 e. The van der Waals surface area contributed by atoms with Crippen LogP contribution in [0.15, 0.2) is 0 Å². The molecule has 2 atom stereocenters. The van der Waals surface area contributed by atoms with E-state index < -0.39 is 6.04 Å². The zero-order chi connectivity index (χ0) is 12.6. The first-order valence-electron chi connectivity index (χ1n) is 5.07. The second kappa shape index (κ2) is 8.72. The number of carbonyl (C=O) groups excluding carboxylic acids is 2. The molecule has 16 heavy (non-hydrogen) atoms. The topological polar surface area (TPSA) is 70.2 Å². The number of thiol groups is 2. The number of carbonyl (C=O) groups is 2. The van der Waals surface area contributed by atoms with E-state index in [2.05, 4.69) is 41.2 Å². The van der Waals surface area contributed by atoms with Crippen LogP contribution < -0.4 is 16.0 Å². The fourth-order valence-corrected chi connectivity index (χ4v) is 1.68. The summed E-state index contributed by atoms with van der Waals surface area (Å²) in [6.45, 7) is 2.57. The van der Waals surface area contributed by atoms with Gasteiger partial charge in [-0.3, -0.25) is 9.59 Å². The molecule has 2 amide bonds. The first-order valence-corrected chi connectivity index (χ1v) is 6.34. The van der Waals surface area contributed by atoms with Gasteiger partial charge in [-0.05, 0) is 6.54 Å². The van der Waals surface area contributed by atoms with E-state index in [9.17, 15) is 9.59 Å². The molecule has 0 aromatic rings. The molecule has 0 aliphatic carbocycles. The summed E-state index contributed by atoms with van der Waals surface area (Å²) in [5.41, 5.74) is 0. The number of hydrogen-bond acceptors (Lipinski definition) is 5. The lowest BCUT2D eigenvalue weighted by Crippen LogP contribution is -2.53. The average molecular weight is 265 g/mol. The predicted molar refractivity (Wildman–Crippen MR) is 71.2 cm³/mol. The highest BCUT2D eigenvalue weighted by Gasteiger charge is 2.22. The fraction of sp³-hybridized carbons (Fsp3) is 0.778. The Kier molecular flexibility index (Phi) is 8.50. The lowest BCUT2D eigenvalue weighted by Gasteiger charge is -2.19. The average Bonchev–Trinajstić information content (AvgIpc) is 2.31. The molecule has 0 saturated heterocycles. The third-order valence-electron chi connectivity index (χ3n) is 2.01. The van der Waals surface area contributed by atoms with Crippen molar-refractivity contribution in [2.75, 3.05) is 25.1 Å². The molecule has 0 aliphatic rings. The number of nitrogens with one attached hydrogen (secondary N) is 3. The van der Waals surface area contributed by atoms with Crippen molar-refractivity contribution in [2.45, 2.75) is 19.0 Å². The summed E-state index contributed by atoms with van der Waals surface area (Å²) < 4.78 is 0. The van der Waals surface area contributed by atoms with Crippen LogP contribution in [0.25, 0.3) is 0 Å². The lowest BCUT2D eigenvalue weighted by molar-refractivity contribution is -0.128. The van der Waals surface area contributed by atoms with Gasteiger partial charge in [0.2, 0.25) is 11.8 Å². The second-order valence-corrected chi connectivity index (χ2v) is 3.88. The van der Waals surface area contributed by atoms with Gasteiger partial charge < -0.3 is 16.0 Å². The first-order chi connectivity index (χ1) is 7.60. The van der Waals surface area contributed by atoms with Gasteiger partial charge in [0.15, 0.2) is 0 Å². The zero-order valence-corrected chi connectivity index (χ0v) is 11.3. The Morgan fingerprint density at radius 1 is 1.12 bits per heavy atom. The molecule has 0 radical (unpaired) electrons. The molecule has 0 bridgehead atoms. The molecule has 5 nitrogen and oxygen atoms in total. The van der Waals surface area contributed by atoms with E-state index in [1.807, 2.05) is 6.92 Å². The summed E-state index contributed by atoms with van der Waals surface area (Å²) in [6, 6.07) is -0.998. The molecule has 0 spiro atoms. The first kappa shape index (κ1) is 15.6. The normalized spacial score (nSPS) is 14.0. The summed E-state index contributed by atoms with van der Waals surface area (Å²) >= 11 is 8.09. The van der Waals surface area contributed by atoms with Crippen LogP contribution in [0, 0.1) is 0 Å². The Hall–Kier alpha value is -0.400. The summed E-state index contributed by atoms with van der Waals surface area (Å²) in [5.74, 6) is 0.154. The third kappa shape index (κ3) is 5.09. The number of amides is 2. The van der Waals surface area contributed by atoms with E-state index in [0.29, 0.717) is 12.3 Å². The monoisotopic (exact) mass is 265 g/mol. The predicted octanol–water partition coefficient (Wildman–Crippen LogP) is -0.945. The molecule has 0 unspecified atom stereocenters. The van der Waals surface area contributed by atoms with Gasteiger partial charge >= 0.3 is 0 Å². The van der Waals surface area contributed by atoms with Crippen molar-refractivity contribution in [2.24, 2.45) is 0 Å².